The van der Waals surface area contributed by atoms with Crippen molar-refractivity contribution in [2.24, 2.45) is 5.92 Å². The van der Waals surface area contributed by atoms with Gasteiger partial charge in [0.2, 0.25) is 11.9 Å². The van der Waals surface area contributed by atoms with Crippen LogP contribution in [0.3, 0.4) is 0 Å². The smallest absolute Gasteiger partial charge is 0.323 e. The summed E-state index contributed by atoms with van der Waals surface area (Å²) in [5.41, 5.74) is 0. The maximum absolute atomic E-state index is 5.61. The summed E-state index contributed by atoms with van der Waals surface area (Å²) >= 11 is 0. The van der Waals surface area contributed by atoms with Crippen LogP contribution in [0.25, 0.3) is 0 Å². The van der Waals surface area contributed by atoms with Gasteiger partial charge in [-0.3, -0.25) is 0 Å². The fourth-order valence-electron chi connectivity index (χ4n) is 2.13. The zero-order valence-electron chi connectivity index (χ0n) is 13.5. The Morgan fingerprint density at radius 2 is 1.86 bits per heavy atom. The summed E-state index contributed by atoms with van der Waals surface area (Å²) < 4.78 is 5.61. The van der Waals surface area contributed by atoms with Crippen LogP contribution < -0.4 is 15.4 Å². The van der Waals surface area contributed by atoms with Crippen molar-refractivity contribution < 1.29 is 4.74 Å². The lowest BCUT2D eigenvalue weighted by Gasteiger charge is -2.15. The number of hydrogen-bond donors (Lipinski definition) is 2. The SMILES string of the molecule is CCCNc1nc(NC(C)CC2CC2)nc(OC(C)C)n1. The monoisotopic (exact) mass is 293 g/mol. The van der Waals surface area contributed by atoms with Crippen LogP contribution in [0.5, 0.6) is 6.01 Å². The fraction of sp³-hybridized carbons (Fsp3) is 0.800. The zero-order valence-corrected chi connectivity index (χ0v) is 13.5. The van der Waals surface area contributed by atoms with Crippen LogP contribution in [0.1, 0.15) is 53.4 Å². The van der Waals surface area contributed by atoms with E-state index in [-0.39, 0.29) is 6.10 Å². The zero-order chi connectivity index (χ0) is 15.2. The summed E-state index contributed by atoms with van der Waals surface area (Å²) in [4.78, 5) is 13.1. The van der Waals surface area contributed by atoms with E-state index in [4.69, 9.17) is 4.74 Å². The molecule has 1 unspecified atom stereocenters. The standard InChI is InChI=1S/C15H27N5O/c1-5-8-16-13-18-14(17-11(4)9-12-6-7-12)20-15(19-13)21-10(2)3/h10-12H,5-9H2,1-4H3,(H2,16,17,18,19,20). The molecule has 2 rings (SSSR count). The van der Waals surface area contributed by atoms with Crippen molar-refractivity contribution >= 4 is 11.9 Å². The highest BCUT2D eigenvalue weighted by Gasteiger charge is 2.24. The van der Waals surface area contributed by atoms with Crippen molar-refractivity contribution in [2.45, 2.75) is 65.5 Å². The lowest BCUT2D eigenvalue weighted by molar-refractivity contribution is 0.222. The Bertz CT molecular complexity index is 448. The van der Waals surface area contributed by atoms with Crippen molar-refractivity contribution in [3.63, 3.8) is 0 Å². The predicted octanol–water partition coefficient (Wildman–Crippen LogP) is 3.08. The third-order valence-electron chi connectivity index (χ3n) is 3.25. The molecule has 0 aliphatic heterocycles. The molecule has 0 spiro atoms. The Hall–Kier alpha value is -1.59. The van der Waals surface area contributed by atoms with Crippen LogP contribution in [0.4, 0.5) is 11.9 Å². The minimum atomic E-state index is 0.0446. The van der Waals surface area contributed by atoms with E-state index in [1.807, 2.05) is 13.8 Å². The summed E-state index contributed by atoms with van der Waals surface area (Å²) in [6, 6.07) is 0.741. The summed E-state index contributed by atoms with van der Waals surface area (Å²) in [5.74, 6) is 2.04. The number of aromatic nitrogens is 3. The van der Waals surface area contributed by atoms with Gasteiger partial charge >= 0.3 is 6.01 Å². The van der Waals surface area contributed by atoms with Gasteiger partial charge in [-0.05, 0) is 39.5 Å². The number of anilines is 2. The van der Waals surface area contributed by atoms with Crippen LogP contribution in [0.2, 0.25) is 0 Å². The van der Waals surface area contributed by atoms with Crippen molar-refractivity contribution in [3.05, 3.63) is 0 Å². The van der Waals surface area contributed by atoms with E-state index < -0.39 is 0 Å². The molecular weight excluding hydrogens is 266 g/mol. The average Bonchev–Trinajstić information content (AvgIpc) is 3.19. The predicted molar refractivity (Wildman–Crippen MR) is 84.8 cm³/mol. The number of nitrogens with zero attached hydrogens (tertiary/aromatic N) is 3. The molecule has 0 aromatic carbocycles. The molecule has 1 aromatic rings. The van der Waals surface area contributed by atoms with Crippen LogP contribution in [-0.4, -0.2) is 33.6 Å². The molecule has 1 aliphatic carbocycles. The first-order chi connectivity index (χ1) is 10.1. The van der Waals surface area contributed by atoms with Gasteiger partial charge in [0, 0.05) is 12.6 Å². The second-order valence-electron chi connectivity index (χ2n) is 6.08. The molecule has 1 saturated carbocycles. The van der Waals surface area contributed by atoms with E-state index >= 15 is 0 Å². The minimum Gasteiger partial charge on any atom is -0.461 e. The van der Waals surface area contributed by atoms with Gasteiger partial charge in [0.15, 0.2) is 0 Å². The van der Waals surface area contributed by atoms with Crippen LogP contribution in [0.15, 0.2) is 0 Å². The number of hydrogen-bond acceptors (Lipinski definition) is 6. The van der Waals surface area contributed by atoms with E-state index in [2.05, 4.69) is 39.4 Å². The third kappa shape index (κ3) is 5.73. The summed E-state index contributed by atoms with van der Waals surface area (Å²) in [5, 5.41) is 6.55. The molecule has 1 aliphatic rings. The van der Waals surface area contributed by atoms with Gasteiger partial charge in [0.05, 0.1) is 6.10 Å². The Morgan fingerprint density at radius 1 is 1.14 bits per heavy atom. The molecule has 0 radical (unpaired) electrons. The molecule has 1 heterocycles. The first-order valence-corrected chi connectivity index (χ1v) is 8.00. The van der Waals surface area contributed by atoms with Gasteiger partial charge in [-0.2, -0.15) is 15.0 Å². The fourth-order valence-corrected chi connectivity index (χ4v) is 2.13. The van der Waals surface area contributed by atoms with E-state index in [1.54, 1.807) is 0 Å². The van der Waals surface area contributed by atoms with Crippen LogP contribution >= 0.6 is 0 Å². The molecule has 0 bridgehead atoms. The Kier molecular flexibility index (Phi) is 5.59. The Balaban J connectivity index is 2.04. The van der Waals surface area contributed by atoms with Gasteiger partial charge in [0.25, 0.3) is 0 Å². The lowest BCUT2D eigenvalue weighted by Crippen LogP contribution is -2.20. The first-order valence-electron chi connectivity index (χ1n) is 8.00. The average molecular weight is 293 g/mol. The Labute approximate surface area is 127 Å². The molecule has 6 heteroatoms. The molecule has 1 aromatic heterocycles. The largest absolute Gasteiger partial charge is 0.461 e. The molecular formula is C15H27N5O. The van der Waals surface area contributed by atoms with Gasteiger partial charge < -0.3 is 15.4 Å². The number of ether oxygens (including phenoxy) is 1. The van der Waals surface area contributed by atoms with Gasteiger partial charge in [-0.25, -0.2) is 0 Å². The highest BCUT2D eigenvalue weighted by molar-refractivity contribution is 5.36. The van der Waals surface area contributed by atoms with Gasteiger partial charge in [-0.1, -0.05) is 19.8 Å². The highest BCUT2D eigenvalue weighted by Crippen LogP contribution is 2.33. The highest BCUT2D eigenvalue weighted by atomic mass is 16.5. The topological polar surface area (TPSA) is 72.0 Å². The molecule has 2 N–H and O–H groups in total. The van der Waals surface area contributed by atoms with Crippen molar-refractivity contribution in [2.75, 3.05) is 17.2 Å². The first kappa shape index (κ1) is 15.8. The summed E-state index contributed by atoms with van der Waals surface area (Å²) in [6.07, 6.45) is 4.95. The third-order valence-corrected chi connectivity index (χ3v) is 3.25. The minimum absolute atomic E-state index is 0.0446. The maximum Gasteiger partial charge on any atom is 0.323 e. The molecule has 1 atom stereocenters. The van der Waals surface area contributed by atoms with Gasteiger partial charge in [0.1, 0.15) is 0 Å². The second kappa shape index (κ2) is 7.43. The second-order valence-corrected chi connectivity index (χ2v) is 6.08. The van der Waals surface area contributed by atoms with Crippen LogP contribution in [-0.2, 0) is 0 Å². The maximum atomic E-state index is 5.61. The van der Waals surface area contributed by atoms with E-state index in [0.717, 1.165) is 18.9 Å². The summed E-state index contributed by atoms with van der Waals surface area (Å²) in [6.45, 7) is 9.04. The quantitative estimate of drug-likeness (QED) is 0.729. The molecule has 21 heavy (non-hydrogen) atoms. The molecule has 1 fully saturated rings. The number of nitrogens with one attached hydrogen (secondary N) is 2. The lowest BCUT2D eigenvalue weighted by atomic mass is 10.2. The molecule has 0 amide bonds. The van der Waals surface area contributed by atoms with Crippen molar-refractivity contribution in [1.82, 2.24) is 15.0 Å². The van der Waals surface area contributed by atoms with Crippen molar-refractivity contribution in [3.8, 4) is 6.01 Å². The van der Waals surface area contributed by atoms with Crippen LogP contribution in [0, 0.1) is 5.92 Å². The van der Waals surface area contributed by atoms with E-state index in [0.29, 0.717) is 23.9 Å². The molecule has 118 valence electrons. The molecule has 0 saturated heterocycles. The van der Waals surface area contributed by atoms with E-state index in [1.165, 1.54) is 19.3 Å². The van der Waals surface area contributed by atoms with Crippen molar-refractivity contribution in [1.29, 1.82) is 0 Å². The van der Waals surface area contributed by atoms with Gasteiger partial charge in [-0.15, -0.1) is 0 Å². The molecule has 6 nitrogen and oxygen atoms in total. The summed E-state index contributed by atoms with van der Waals surface area (Å²) in [7, 11) is 0. The Morgan fingerprint density at radius 3 is 2.48 bits per heavy atom. The van der Waals surface area contributed by atoms with E-state index in [9.17, 15) is 0 Å². The number of rotatable bonds is 9. The normalized spacial score (nSPS) is 15.9.